The van der Waals surface area contributed by atoms with Gasteiger partial charge < -0.3 is 24.6 Å². The first kappa shape index (κ1) is 20.7. The van der Waals surface area contributed by atoms with Crippen LogP contribution in [0, 0.1) is 6.92 Å². The quantitative estimate of drug-likeness (QED) is 0.799. The van der Waals surface area contributed by atoms with Gasteiger partial charge in [0.2, 0.25) is 12.0 Å². The Kier molecular flexibility index (Phi) is 6.06. The van der Waals surface area contributed by atoms with Crippen molar-refractivity contribution in [1.82, 2.24) is 15.1 Å². The van der Waals surface area contributed by atoms with Gasteiger partial charge in [-0.15, -0.1) is 0 Å². The number of amides is 3. The van der Waals surface area contributed by atoms with E-state index in [0.29, 0.717) is 43.2 Å². The van der Waals surface area contributed by atoms with E-state index in [-0.39, 0.29) is 30.9 Å². The van der Waals surface area contributed by atoms with E-state index >= 15 is 0 Å². The molecule has 8 nitrogen and oxygen atoms in total. The van der Waals surface area contributed by atoms with Crippen molar-refractivity contribution < 1.29 is 23.9 Å². The molecule has 0 bridgehead atoms. The second-order valence-corrected chi connectivity index (χ2v) is 7.62. The maximum absolute atomic E-state index is 12.8. The van der Waals surface area contributed by atoms with Gasteiger partial charge in [-0.2, -0.15) is 0 Å². The largest absolute Gasteiger partial charge is 0.485 e. The number of hydrogen-bond donors (Lipinski definition) is 1. The van der Waals surface area contributed by atoms with E-state index in [1.165, 1.54) is 0 Å². The van der Waals surface area contributed by atoms with Gasteiger partial charge in [-0.3, -0.25) is 14.4 Å². The lowest BCUT2D eigenvalue weighted by Crippen LogP contribution is -2.56. The average molecular weight is 423 g/mol. The van der Waals surface area contributed by atoms with Gasteiger partial charge in [0, 0.05) is 31.7 Å². The van der Waals surface area contributed by atoms with Crippen LogP contribution in [-0.2, 0) is 9.59 Å². The maximum Gasteiger partial charge on any atom is 0.267 e. The number of carbonyl (C=O) groups is 3. The summed E-state index contributed by atoms with van der Waals surface area (Å²) >= 11 is 0. The van der Waals surface area contributed by atoms with Crippen molar-refractivity contribution >= 4 is 17.7 Å². The number of ether oxygens (including phenoxy) is 2. The number of piperazine rings is 1. The van der Waals surface area contributed by atoms with Crippen LogP contribution in [-0.4, -0.2) is 73.0 Å². The smallest absolute Gasteiger partial charge is 0.267 e. The predicted molar refractivity (Wildman–Crippen MR) is 113 cm³/mol. The molecule has 0 saturated carbocycles. The molecule has 2 aliphatic rings. The van der Waals surface area contributed by atoms with Crippen molar-refractivity contribution in [2.24, 2.45) is 0 Å². The van der Waals surface area contributed by atoms with Gasteiger partial charge in [0.15, 0.2) is 11.5 Å². The fourth-order valence-electron chi connectivity index (χ4n) is 3.60. The highest BCUT2D eigenvalue weighted by molar-refractivity contribution is 5.96. The molecule has 3 amide bonds. The molecule has 0 aliphatic carbocycles. The molecule has 0 spiro atoms. The van der Waals surface area contributed by atoms with Crippen molar-refractivity contribution in [3.8, 4) is 11.5 Å². The molecule has 2 aliphatic heterocycles. The fourth-order valence-corrected chi connectivity index (χ4v) is 3.60. The van der Waals surface area contributed by atoms with E-state index in [1.54, 1.807) is 34.1 Å². The van der Waals surface area contributed by atoms with E-state index in [1.807, 2.05) is 31.2 Å². The van der Waals surface area contributed by atoms with E-state index in [9.17, 15) is 14.4 Å². The van der Waals surface area contributed by atoms with Crippen LogP contribution in [0.1, 0.15) is 15.9 Å². The fraction of sp³-hybridized carbons (Fsp3) is 0.348. The van der Waals surface area contributed by atoms with Gasteiger partial charge >= 0.3 is 0 Å². The topological polar surface area (TPSA) is 88.2 Å². The lowest BCUT2D eigenvalue weighted by atomic mass is 10.1. The zero-order valence-electron chi connectivity index (χ0n) is 17.4. The van der Waals surface area contributed by atoms with Gasteiger partial charge in [0.05, 0.1) is 6.54 Å². The molecule has 2 aromatic rings. The molecule has 1 atom stereocenters. The van der Waals surface area contributed by atoms with Gasteiger partial charge in [-0.05, 0) is 31.2 Å². The van der Waals surface area contributed by atoms with Crippen molar-refractivity contribution in [1.29, 1.82) is 0 Å². The summed E-state index contributed by atoms with van der Waals surface area (Å²) in [5.74, 6) is 0.602. The van der Waals surface area contributed by atoms with Crippen LogP contribution in [0.3, 0.4) is 0 Å². The standard InChI is InChI=1S/C23H25N3O5/c1-16-6-8-17(9-7-16)22(28)24-14-21(27)25-10-12-26(13-11-25)23(29)20-15-30-18-4-2-3-5-19(18)31-20/h2-9,20H,10-15H2,1H3,(H,24,28). The van der Waals surface area contributed by atoms with Gasteiger partial charge in [0.1, 0.15) is 6.61 Å². The summed E-state index contributed by atoms with van der Waals surface area (Å²) in [7, 11) is 0. The number of rotatable bonds is 4. The molecule has 1 saturated heterocycles. The minimum atomic E-state index is -0.689. The van der Waals surface area contributed by atoms with Gasteiger partial charge in [-0.25, -0.2) is 0 Å². The van der Waals surface area contributed by atoms with Crippen LogP contribution in [0.15, 0.2) is 48.5 Å². The summed E-state index contributed by atoms with van der Waals surface area (Å²) in [5.41, 5.74) is 1.58. The molecule has 1 fully saturated rings. The van der Waals surface area contributed by atoms with E-state index in [4.69, 9.17) is 9.47 Å². The number of para-hydroxylation sites is 2. The van der Waals surface area contributed by atoms with E-state index in [2.05, 4.69) is 5.32 Å². The lowest BCUT2D eigenvalue weighted by molar-refractivity contribution is -0.146. The van der Waals surface area contributed by atoms with Crippen LogP contribution >= 0.6 is 0 Å². The van der Waals surface area contributed by atoms with E-state index < -0.39 is 6.10 Å². The highest BCUT2D eigenvalue weighted by atomic mass is 16.6. The summed E-state index contributed by atoms with van der Waals surface area (Å²) in [4.78, 5) is 40.8. The van der Waals surface area contributed by atoms with Crippen LogP contribution in [0.2, 0.25) is 0 Å². The van der Waals surface area contributed by atoms with Crippen molar-refractivity contribution in [3.05, 3.63) is 59.7 Å². The molecule has 0 radical (unpaired) electrons. The normalized spacial score (nSPS) is 17.8. The zero-order chi connectivity index (χ0) is 21.8. The summed E-state index contributed by atoms with van der Waals surface area (Å²) < 4.78 is 11.4. The average Bonchev–Trinajstić information content (AvgIpc) is 2.82. The molecule has 8 heteroatoms. The van der Waals surface area contributed by atoms with Crippen molar-refractivity contribution in [2.75, 3.05) is 39.3 Å². The Morgan fingerprint density at radius 3 is 2.29 bits per heavy atom. The molecule has 0 aromatic heterocycles. The molecule has 31 heavy (non-hydrogen) atoms. The number of benzene rings is 2. The number of aryl methyl sites for hydroxylation is 1. The Balaban J connectivity index is 1.24. The maximum atomic E-state index is 12.8. The zero-order valence-corrected chi connectivity index (χ0v) is 17.4. The molecule has 2 heterocycles. The summed E-state index contributed by atoms with van der Waals surface area (Å²) in [6, 6.07) is 14.4. The summed E-state index contributed by atoms with van der Waals surface area (Å²) in [5, 5.41) is 2.66. The second kappa shape index (κ2) is 9.07. The number of nitrogens with zero attached hydrogens (tertiary/aromatic N) is 2. The van der Waals surface area contributed by atoms with Crippen LogP contribution in [0.5, 0.6) is 11.5 Å². The Bertz CT molecular complexity index is 967. The SMILES string of the molecule is Cc1ccc(C(=O)NCC(=O)N2CCN(C(=O)C3COc4ccccc4O3)CC2)cc1. The summed E-state index contributed by atoms with van der Waals surface area (Å²) in [6.45, 7) is 3.69. The molecule has 4 rings (SSSR count). The predicted octanol–water partition coefficient (Wildman–Crippen LogP) is 1.24. The molecule has 1 N–H and O–H groups in total. The molecule has 1 unspecified atom stereocenters. The molecule has 2 aromatic carbocycles. The highest BCUT2D eigenvalue weighted by Gasteiger charge is 2.33. The number of hydrogen-bond acceptors (Lipinski definition) is 5. The Morgan fingerprint density at radius 1 is 0.935 bits per heavy atom. The Hall–Kier alpha value is -3.55. The molecular formula is C23H25N3O5. The minimum absolute atomic E-state index is 0.0724. The Labute approximate surface area is 180 Å². The van der Waals surface area contributed by atoms with Crippen LogP contribution in [0.25, 0.3) is 0 Å². The van der Waals surface area contributed by atoms with E-state index in [0.717, 1.165) is 5.56 Å². The van der Waals surface area contributed by atoms with Crippen molar-refractivity contribution in [3.63, 3.8) is 0 Å². The highest BCUT2D eigenvalue weighted by Crippen LogP contribution is 2.31. The number of fused-ring (bicyclic) bond motifs is 1. The lowest BCUT2D eigenvalue weighted by Gasteiger charge is -2.37. The number of carbonyl (C=O) groups excluding carboxylic acids is 3. The third kappa shape index (κ3) is 4.79. The minimum Gasteiger partial charge on any atom is -0.485 e. The van der Waals surface area contributed by atoms with Gasteiger partial charge in [-0.1, -0.05) is 29.8 Å². The first-order chi connectivity index (χ1) is 15.0. The second-order valence-electron chi connectivity index (χ2n) is 7.62. The number of nitrogens with one attached hydrogen (secondary N) is 1. The van der Waals surface area contributed by atoms with Crippen LogP contribution in [0.4, 0.5) is 0 Å². The van der Waals surface area contributed by atoms with Gasteiger partial charge in [0.25, 0.3) is 11.8 Å². The van der Waals surface area contributed by atoms with Crippen molar-refractivity contribution in [2.45, 2.75) is 13.0 Å². The molecule has 162 valence electrons. The monoisotopic (exact) mass is 423 g/mol. The first-order valence-corrected chi connectivity index (χ1v) is 10.3. The first-order valence-electron chi connectivity index (χ1n) is 10.3. The molecular weight excluding hydrogens is 398 g/mol. The van der Waals surface area contributed by atoms with Crippen LogP contribution < -0.4 is 14.8 Å². The summed E-state index contributed by atoms with van der Waals surface area (Å²) in [6.07, 6.45) is -0.689. The third-order valence-electron chi connectivity index (χ3n) is 5.44. The Morgan fingerprint density at radius 2 is 1.58 bits per heavy atom. The third-order valence-corrected chi connectivity index (χ3v) is 5.44.